The lowest BCUT2D eigenvalue weighted by molar-refractivity contribution is 1.29. The molecule has 0 amide bonds. The van der Waals surface area contributed by atoms with Crippen molar-refractivity contribution in [2.24, 2.45) is 0 Å². The number of nitrogens with zero attached hydrogens (tertiary/aromatic N) is 1. The van der Waals surface area contributed by atoms with E-state index in [4.69, 9.17) is 0 Å². The highest BCUT2D eigenvalue weighted by molar-refractivity contribution is 7.25. The van der Waals surface area contributed by atoms with Gasteiger partial charge in [-0.2, -0.15) is 0 Å². The molecule has 0 aliphatic heterocycles. The predicted octanol–water partition coefficient (Wildman–Crippen LogP) is 9.27. The van der Waals surface area contributed by atoms with Crippen LogP contribution >= 0.6 is 11.3 Å². The van der Waals surface area contributed by atoms with Crippen molar-refractivity contribution < 1.29 is 0 Å². The molecular formula is C30H22N2S. The summed E-state index contributed by atoms with van der Waals surface area (Å²) in [5.41, 5.74) is 5.57. The van der Waals surface area contributed by atoms with Gasteiger partial charge in [0.25, 0.3) is 0 Å². The molecule has 0 saturated carbocycles. The van der Waals surface area contributed by atoms with Crippen LogP contribution in [0.3, 0.4) is 0 Å². The van der Waals surface area contributed by atoms with E-state index in [0.29, 0.717) is 0 Å². The van der Waals surface area contributed by atoms with Crippen LogP contribution in [0.15, 0.2) is 127 Å². The zero-order valence-corrected chi connectivity index (χ0v) is 18.8. The van der Waals surface area contributed by atoms with Crippen molar-refractivity contribution >= 4 is 59.9 Å². The molecule has 1 N–H and O–H groups in total. The molecule has 1 aromatic heterocycles. The number of hydrogen-bond donors (Lipinski definition) is 1. The summed E-state index contributed by atoms with van der Waals surface area (Å²) in [6.45, 7) is 0. The number of thiophene rings is 1. The standard InChI is InChI=1S/C30H22N2S/c1-3-9-22(10-4-1)31-23-15-17-25(18-16-23)32(24-11-5-2-6-12-24)26-19-20-30-28(21-26)27-13-7-8-14-29(27)33-30/h1-21,31H. The lowest BCUT2D eigenvalue weighted by atomic mass is 10.1. The van der Waals surface area contributed by atoms with E-state index in [1.807, 2.05) is 29.5 Å². The van der Waals surface area contributed by atoms with Gasteiger partial charge in [0.2, 0.25) is 0 Å². The molecular weight excluding hydrogens is 420 g/mol. The lowest BCUT2D eigenvalue weighted by Crippen LogP contribution is -2.09. The molecule has 0 saturated heterocycles. The van der Waals surface area contributed by atoms with Crippen molar-refractivity contribution in [3.63, 3.8) is 0 Å². The van der Waals surface area contributed by atoms with E-state index < -0.39 is 0 Å². The van der Waals surface area contributed by atoms with Crippen LogP contribution < -0.4 is 10.2 Å². The van der Waals surface area contributed by atoms with E-state index in [-0.39, 0.29) is 0 Å². The molecule has 5 aromatic carbocycles. The van der Waals surface area contributed by atoms with E-state index in [1.165, 1.54) is 20.2 Å². The molecule has 6 aromatic rings. The molecule has 0 spiro atoms. The maximum absolute atomic E-state index is 3.47. The molecule has 6 rings (SSSR count). The predicted molar refractivity (Wildman–Crippen MR) is 144 cm³/mol. The second-order valence-electron chi connectivity index (χ2n) is 7.99. The van der Waals surface area contributed by atoms with Gasteiger partial charge in [0.15, 0.2) is 0 Å². The van der Waals surface area contributed by atoms with Crippen molar-refractivity contribution in [3.8, 4) is 0 Å². The van der Waals surface area contributed by atoms with Gasteiger partial charge in [-0.05, 0) is 72.8 Å². The van der Waals surface area contributed by atoms with Crippen LogP contribution in [0.4, 0.5) is 28.4 Å². The van der Waals surface area contributed by atoms with Crippen LogP contribution in [0.2, 0.25) is 0 Å². The average molecular weight is 443 g/mol. The summed E-state index contributed by atoms with van der Waals surface area (Å²) < 4.78 is 2.64. The third-order valence-corrected chi connectivity index (χ3v) is 6.97. The minimum Gasteiger partial charge on any atom is -0.356 e. The fraction of sp³-hybridized carbons (Fsp3) is 0. The zero-order valence-electron chi connectivity index (χ0n) is 18.0. The van der Waals surface area contributed by atoms with Gasteiger partial charge in [-0.15, -0.1) is 11.3 Å². The second kappa shape index (κ2) is 8.45. The molecule has 0 aliphatic carbocycles. The van der Waals surface area contributed by atoms with Crippen molar-refractivity contribution in [1.29, 1.82) is 0 Å². The van der Waals surface area contributed by atoms with E-state index in [1.54, 1.807) is 0 Å². The third-order valence-electron chi connectivity index (χ3n) is 5.82. The number of para-hydroxylation sites is 2. The molecule has 0 aliphatic rings. The van der Waals surface area contributed by atoms with Crippen LogP contribution in [0.25, 0.3) is 20.2 Å². The number of fused-ring (bicyclic) bond motifs is 3. The highest BCUT2D eigenvalue weighted by Gasteiger charge is 2.14. The van der Waals surface area contributed by atoms with Crippen LogP contribution in [0.1, 0.15) is 0 Å². The Kier molecular flexibility index (Phi) is 5.02. The van der Waals surface area contributed by atoms with E-state index in [0.717, 1.165) is 28.4 Å². The van der Waals surface area contributed by atoms with Gasteiger partial charge in [-0.1, -0.05) is 54.6 Å². The lowest BCUT2D eigenvalue weighted by Gasteiger charge is -2.26. The van der Waals surface area contributed by atoms with Gasteiger partial charge in [0, 0.05) is 48.6 Å². The Balaban J connectivity index is 1.43. The van der Waals surface area contributed by atoms with E-state index in [9.17, 15) is 0 Å². The fourth-order valence-corrected chi connectivity index (χ4v) is 5.35. The fourth-order valence-electron chi connectivity index (χ4n) is 4.26. The molecule has 0 radical (unpaired) electrons. The Bertz CT molecular complexity index is 1520. The summed E-state index contributed by atoms with van der Waals surface area (Å²) in [7, 11) is 0. The minimum absolute atomic E-state index is 1.07. The first-order valence-corrected chi connectivity index (χ1v) is 11.9. The number of hydrogen-bond acceptors (Lipinski definition) is 3. The van der Waals surface area contributed by atoms with Gasteiger partial charge < -0.3 is 10.2 Å². The SMILES string of the molecule is c1ccc(Nc2ccc(N(c3ccccc3)c3ccc4sc5ccccc5c4c3)cc2)cc1. The van der Waals surface area contributed by atoms with Gasteiger partial charge in [0.1, 0.15) is 0 Å². The average Bonchev–Trinajstić information content (AvgIpc) is 3.25. The number of nitrogens with one attached hydrogen (secondary N) is 1. The minimum atomic E-state index is 1.07. The molecule has 0 fully saturated rings. The van der Waals surface area contributed by atoms with Crippen LogP contribution in [0.5, 0.6) is 0 Å². The Morgan fingerprint density at radius 3 is 1.82 bits per heavy atom. The number of anilines is 5. The smallest absolute Gasteiger partial charge is 0.0468 e. The molecule has 33 heavy (non-hydrogen) atoms. The Morgan fingerprint density at radius 1 is 0.455 bits per heavy atom. The van der Waals surface area contributed by atoms with Crippen molar-refractivity contribution in [1.82, 2.24) is 0 Å². The first-order chi connectivity index (χ1) is 16.3. The van der Waals surface area contributed by atoms with E-state index in [2.05, 4.69) is 119 Å². The van der Waals surface area contributed by atoms with Crippen LogP contribution in [-0.2, 0) is 0 Å². The number of rotatable bonds is 5. The van der Waals surface area contributed by atoms with Crippen molar-refractivity contribution in [3.05, 3.63) is 127 Å². The van der Waals surface area contributed by atoms with Gasteiger partial charge >= 0.3 is 0 Å². The van der Waals surface area contributed by atoms with Crippen LogP contribution in [-0.4, -0.2) is 0 Å². The maximum Gasteiger partial charge on any atom is 0.0468 e. The van der Waals surface area contributed by atoms with Crippen molar-refractivity contribution in [2.45, 2.75) is 0 Å². The first kappa shape index (κ1) is 19.6. The molecule has 158 valence electrons. The highest BCUT2D eigenvalue weighted by Crippen LogP contribution is 2.40. The molecule has 1 heterocycles. The maximum atomic E-state index is 3.47. The molecule has 3 heteroatoms. The number of benzene rings is 5. The van der Waals surface area contributed by atoms with Crippen LogP contribution in [0, 0.1) is 0 Å². The van der Waals surface area contributed by atoms with Crippen molar-refractivity contribution in [2.75, 3.05) is 10.2 Å². The topological polar surface area (TPSA) is 15.3 Å². The Labute approximate surface area is 197 Å². The zero-order chi connectivity index (χ0) is 22.0. The summed E-state index contributed by atoms with van der Waals surface area (Å²) in [4.78, 5) is 2.32. The summed E-state index contributed by atoms with van der Waals surface area (Å²) in [5, 5.41) is 6.09. The largest absolute Gasteiger partial charge is 0.356 e. The molecule has 0 bridgehead atoms. The van der Waals surface area contributed by atoms with E-state index >= 15 is 0 Å². The molecule has 0 atom stereocenters. The van der Waals surface area contributed by atoms with Gasteiger partial charge in [-0.3, -0.25) is 0 Å². The summed E-state index contributed by atoms with van der Waals surface area (Å²) >= 11 is 1.85. The molecule has 2 nitrogen and oxygen atoms in total. The summed E-state index contributed by atoms with van der Waals surface area (Å²) in [5.74, 6) is 0. The molecule has 0 unspecified atom stereocenters. The Morgan fingerprint density at radius 2 is 1.03 bits per heavy atom. The van der Waals surface area contributed by atoms with Gasteiger partial charge in [-0.25, -0.2) is 0 Å². The normalized spacial score (nSPS) is 11.0. The third kappa shape index (κ3) is 3.84. The van der Waals surface area contributed by atoms with Gasteiger partial charge in [0.05, 0.1) is 0 Å². The Hall–Kier alpha value is -4.08. The quantitative estimate of drug-likeness (QED) is 0.286. The monoisotopic (exact) mass is 442 g/mol. The second-order valence-corrected chi connectivity index (χ2v) is 9.07. The summed E-state index contributed by atoms with van der Waals surface area (Å²) in [6, 6.07) is 44.9. The first-order valence-electron chi connectivity index (χ1n) is 11.0. The summed E-state index contributed by atoms with van der Waals surface area (Å²) in [6.07, 6.45) is 0. The highest BCUT2D eigenvalue weighted by atomic mass is 32.1.